The van der Waals surface area contributed by atoms with Crippen molar-refractivity contribution in [2.45, 2.75) is 25.8 Å². The molecule has 0 bridgehead atoms. The van der Waals surface area contributed by atoms with Crippen LogP contribution in [0.2, 0.25) is 0 Å². The van der Waals surface area contributed by atoms with Crippen molar-refractivity contribution in [3.63, 3.8) is 0 Å². The Bertz CT molecular complexity index is 859. The molecular weight excluding hydrogens is 308 g/mol. The minimum Gasteiger partial charge on any atom is -0.298 e. The van der Waals surface area contributed by atoms with E-state index in [0.29, 0.717) is 42.4 Å². The predicted molar refractivity (Wildman–Crippen MR) is 89.0 cm³/mol. The van der Waals surface area contributed by atoms with Gasteiger partial charge in [0.25, 0.3) is 5.91 Å². The van der Waals surface area contributed by atoms with Crippen molar-refractivity contribution in [2.75, 3.05) is 4.90 Å². The van der Waals surface area contributed by atoms with Crippen LogP contribution >= 0.6 is 0 Å². The Morgan fingerprint density at radius 3 is 2.75 bits per heavy atom. The van der Waals surface area contributed by atoms with Gasteiger partial charge in [0.2, 0.25) is 12.3 Å². The van der Waals surface area contributed by atoms with Crippen LogP contribution in [-0.2, 0) is 9.59 Å². The topological polar surface area (TPSA) is 83.6 Å². The molecule has 0 saturated carbocycles. The van der Waals surface area contributed by atoms with Gasteiger partial charge in [0.1, 0.15) is 12.3 Å². The third kappa shape index (κ3) is 2.36. The van der Waals surface area contributed by atoms with E-state index in [2.05, 4.69) is 5.32 Å². The molecule has 1 unspecified atom stereocenters. The highest BCUT2D eigenvalue weighted by atomic mass is 16.2. The Morgan fingerprint density at radius 1 is 1.29 bits per heavy atom. The molecule has 0 radical (unpaired) electrons. The number of hydrogen-bond donors (Lipinski definition) is 1. The summed E-state index contributed by atoms with van der Waals surface area (Å²) in [6.07, 6.45) is 2.12. The minimum absolute atomic E-state index is 0.323. The van der Waals surface area contributed by atoms with Gasteiger partial charge >= 0.3 is 0 Å². The van der Waals surface area contributed by atoms with Gasteiger partial charge in [0.05, 0.1) is 11.3 Å². The zero-order chi connectivity index (χ0) is 17.3. The molecule has 1 aliphatic rings. The second-order valence-corrected chi connectivity index (χ2v) is 5.67. The molecule has 0 spiro atoms. The Balaban J connectivity index is 2.17. The molecule has 6 nitrogen and oxygen atoms in total. The predicted octanol–water partition coefficient (Wildman–Crippen LogP) is 2.05. The van der Waals surface area contributed by atoms with E-state index >= 15 is 0 Å². The summed E-state index contributed by atoms with van der Waals surface area (Å²) in [4.78, 5) is 48.4. The smallest absolute Gasteiger partial charge is 0.259 e. The van der Waals surface area contributed by atoms with Crippen molar-refractivity contribution in [3.05, 3.63) is 41.5 Å². The number of carbonyl (C=O) groups excluding carboxylic acids is 4. The van der Waals surface area contributed by atoms with Crippen molar-refractivity contribution < 1.29 is 19.2 Å². The number of aldehydes is 1. The van der Waals surface area contributed by atoms with E-state index in [-0.39, 0.29) is 5.91 Å². The average molecular weight is 324 g/mol. The SMILES string of the molecule is CCCC(C(=O)NC=O)N1C(=O)c2cc(C=O)cc3cccc1c23. The first-order valence-electron chi connectivity index (χ1n) is 7.72. The number of anilines is 1. The molecule has 122 valence electrons. The molecular formula is C18H16N2O4. The quantitative estimate of drug-likeness (QED) is 0.824. The van der Waals surface area contributed by atoms with Crippen LogP contribution in [0.25, 0.3) is 10.8 Å². The highest BCUT2D eigenvalue weighted by Crippen LogP contribution is 2.39. The van der Waals surface area contributed by atoms with Gasteiger partial charge in [-0.25, -0.2) is 0 Å². The lowest BCUT2D eigenvalue weighted by Gasteiger charge is -2.26. The maximum Gasteiger partial charge on any atom is 0.259 e. The highest BCUT2D eigenvalue weighted by Gasteiger charge is 2.37. The van der Waals surface area contributed by atoms with Gasteiger partial charge in [-0.1, -0.05) is 25.5 Å². The third-order valence-corrected chi connectivity index (χ3v) is 4.20. The molecule has 1 atom stereocenters. The van der Waals surface area contributed by atoms with Gasteiger partial charge < -0.3 is 0 Å². The van der Waals surface area contributed by atoms with Crippen LogP contribution in [0.15, 0.2) is 30.3 Å². The normalized spacial score (nSPS) is 13.9. The molecule has 24 heavy (non-hydrogen) atoms. The average Bonchev–Trinajstić information content (AvgIpc) is 2.87. The molecule has 3 rings (SSSR count). The van der Waals surface area contributed by atoms with Crippen LogP contribution < -0.4 is 10.2 Å². The lowest BCUT2D eigenvalue weighted by molar-refractivity contribution is -0.126. The van der Waals surface area contributed by atoms with Crippen molar-refractivity contribution in [3.8, 4) is 0 Å². The van der Waals surface area contributed by atoms with Crippen LogP contribution in [0.3, 0.4) is 0 Å². The molecule has 1 heterocycles. The van der Waals surface area contributed by atoms with Crippen LogP contribution in [-0.4, -0.2) is 30.6 Å². The summed E-state index contributed by atoms with van der Waals surface area (Å²) in [5.74, 6) is -0.843. The van der Waals surface area contributed by atoms with E-state index in [0.717, 1.165) is 10.8 Å². The van der Waals surface area contributed by atoms with Crippen molar-refractivity contribution in [1.82, 2.24) is 5.32 Å². The number of hydrogen-bond acceptors (Lipinski definition) is 4. The molecule has 0 aliphatic carbocycles. The zero-order valence-corrected chi connectivity index (χ0v) is 13.1. The monoisotopic (exact) mass is 324 g/mol. The summed E-state index contributed by atoms with van der Waals surface area (Å²) in [7, 11) is 0. The molecule has 3 amide bonds. The van der Waals surface area contributed by atoms with E-state index in [1.165, 1.54) is 4.90 Å². The Labute approximate surface area is 138 Å². The van der Waals surface area contributed by atoms with E-state index in [4.69, 9.17) is 0 Å². The van der Waals surface area contributed by atoms with Crippen LogP contribution in [0.4, 0.5) is 5.69 Å². The molecule has 0 fully saturated rings. The first-order chi connectivity index (χ1) is 11.6. The molecule has 1 aliphatic heterocycles. The number of nitrogens with one attached hydrogen (secondary N) is 1. The first kappa shape index (κ1) is 15.9. The van der Waals surface area contributed by atoms with Crippen molar-refractivity contribution >= 4 is 41.0 Å². The van der Waals surface area contributed by atoms with Gasteiger partial charge in [-0.2, -0.15) is 0 Å². The fourth-order valence-electron chi connectivity index (χ4n) is 3.22. The number of rotatable bonds is 6. The molecule has 0 aromatic heterocycles. The first-order valence-corrected chi connectivity index (χ1v) is 7.72. The van der Waals surface area contributed by atoms with E-state index < -0.39 is 11.9 Å². The highest BCUT2D eigenvalue weighted by molar-refractivity contribution is 6.27. The Morgan fingerprint density at radius 2 is 2.08 bits per heavy atom. The van der Waals surface area contributed by atoms with Crippen molar-refractivity contribution in [2.24, 2.45) is 0 Å². The summed E-state index contributed by atoms with van der Waals surface area (Å²) in [5, 5.41) is 3.64. The number of nitrogens with zero attached hydrogens (tertiary/aromatic N) is 1. The largest absolute Gasteiger partial charge is 0.298 e. The molecule has 0 saturated heterocycles. The van der Waals surface area contributed by atoms with E-state index in [1.807, 2.05) is 13.0 Å². The zero-order valence-electron chi connectivity index (χ0n) is 13.1. The maximum atomic E-state index is 12.9. The third-order valence-electron chi connectivity index (χ3n) is 4.20. The van der Waals surface area contributed by atoms with Crippen LogP contribution in [0.5, 0.6) is 0 Å². The van der Waals surface area contributed by atoms with Gasteiger partial charge in [-0.05, 0) is 30.0 Å². The standard InChI is InChI=1S/C18H16N2O4/c1-2-4-15(17(23)19-10-22)20-14-6-3-5-12-7-11(9-21)8-13(16(12)14)18(20)24/h3,5-10,15H,2,4H2,1H3,(H,19,22,23). The summed E-state index contributed by atoms with van der Waals surface area (Å²) in [5.41, 5.74) is 1.45. The number of imide groups is 1. The fourth-order valence-corrected chi connectivity index (χ4v) is 3.22. The lowest BCUT2D eigenvalue weighted by atomic mass is 10.0. The molecule has 2 aromatic carbocycles. The van der Waals surface area contributed by atoms with Crippen molar-refractivity contribution in [1.29, 1.82) is 0 Å². The number of amides is 3. The van der Waals surface area contributed by atoms with Gasteiger partial charge in [-0.3, -0.25) is 29.4 Å². The maximum absolute atomic E-state index is 12.9. The van der Waals surface area contributed by atoms with Gasteiger partial charge in [-0.15, -0.1) is 0 Å². The fraction of sp³-hybridized carbons (Fsp3) is 0.222. The molecule has 2 aromatic rings. The van der Waals surface area contributed by atoms with E-state index in [9.17, 15) is 19.2 Å². The minimum atomic E-state index is -0.773. The molecule has 1 N–H and O–H groups in total. The summed E-state index contributed by atoms with van der Waals surface area (Å²) in [6.45, 7) is 1.90. The summed E-state index contributed by atoms with van der Waals surface area (Å²) in [6, 6.07) is 7.86. The lowest BCUT2D eigenvalue weighted by Crippen LogP contribution is -2.48. The Kier molecular flexibility index (Phi) is 4.12. The van der Waals surface area contributed by atoms with Gasteiger partial charge in [0, 0.05) is 10.9 Å². The van der Waals surface area contributed by atoms with Gasteiger partial charge in [0.15, 0.2) is 0 Å². The Hall–Kier alpha value is -3.02. The summed E-state index contributed by atoms with van der Waals surface area (Å²) < 4.78 is 0. The van der Waals surface area contributed by atoms with E-state index in [1.54, 1.807) is 24.3 Å². The summed E-state index contributed by atoms with van der Waals surface area (Å²) >= 11 is 0. The second-order valence-electron chi connectivity index (χ2n) is 5.67. The van der Waals surface area contributed by atoms with Crippen LogP contribution in [0, 0.1) is 0 Å². The number of carbonyl (C=O) groups is 4. The number of benzene rings is 2. The second kappa shape index (κ2) is 6.23. The van der Waals surface area contributed by atoms with Crippen LogP contribution in [0.1, 0.15) is 40.5 Å². The molecule has 6 heteroatoms.